The van der Waals surface area contributed by atoms with E-state index in [0.29, 0.717) is 18.7 Å². The van der Waals surface area contributed by atoms with Gasteiger partial charge in [0.05, 0.1) is 18.3 Å². The van der Waals surface area contributed by atoms with Crippen molar-refractivity contribution in [3.8, 4) is 5.75 Å². The van der Waals surface area contributed by atoms with Gasteiger partial charge in [-0.15, -0.1) is 0 Å². The zero-order valence-electron chi connectivity index (χ0n) is 16.5. The van der Waals surface area contributed by atoms with Crippen LogP contribution in [0.2, 0.25) is 0 Å². The van der Waals surface area contributed by atoms with Gasteiger partial charge in [-0.3, -0.25) is 14.6 Å². The Morgan fingerprint density at radius 3 is 2.69 bits per heavy atom. The van der Waals surface area contributed by atoms with Crippen LogP contribution in [0.15, 0.2) is 47.6 Å². The fourth-order valence-corrected chi connectivity index (χ4v) is 3.96. The Kier molecular flexibility index (Phi) is 4.96. The van der Waals surface area contributed by atoms with Crippen molar-refractivity contribution in [1.29, 1.82) is 0 Å². The van der Waals surface area contributed by atoms with Gasteiger partial charge in [0.25, 0.3) is 5.91 Å². The summed E-state index contributed by atoms with van der Waals surface area (Å²) in [7, 11) is 0. The Morgan fingerprint density at radius 2 is 1.97 bits per heavy atom. The number of ether oxygens (including phenoxy) is 1. The first-order chi connectivity index (χ1) is 13.9. The number of carbonyl (C=O) groups is 2. The van der Waals surface area contributed by atoms with E-state index in [1.54, 1.807) is 0 Å². The number of para-hydroxylation sites is 1. The molecule has 0 saturated carbocycles. The first kappa shape index (κ1) is 19.0. The number of hydrazone groups is 1. The van der Waals surface area contributed by atoms with E-state index in [1.807, 2.05) is 50.2 Å². The van der Waals surface area contributed by atoms with E-state index in [4.69, 9.17) is 10.5 Å². The maximum atomic E-state index is 13.0. The first-order valence-corrected chi connectivity index (χ1v) is 9.70. The molecule has 4 rings (SSSR count). The number of aryl methyl sites for hydroxylation is 2. The van der Waals surface area contributed by atoms with Gasteiger partial charge in [0, 0.05) is 18.4 Å². The second-order valence-corrected chi connectivity index (χ2v) is 7.51. The molecule has 29 heavy (non-hydrogen) atoms. The average molecular weight is 392 g/mol. The summed E-state index contributed by atoms with van der Waals surface area (Å²) in [5, 5.41) is 9.03. The Labute approximate surface area is 169 Å². The predicted molar refractivity (Wildman–Crippen MR) is 111 cm³/mol. The van der Waals surface area contributed by atoms with Crippen molar-refractivity contribution in [2.45, 2.75) is 38.8 Å². The Balaban J connectivity index is 1.58. The second kappa shape index (κ2) is 7.58. The summed E-state index contributed by atoms with van der Waals surface area (Å²) in [6.45, 7) is 4.57. The summed E-state index contributed by atoms with van der Waals surface area (Å²) >= 11 is 0. The highest BCUT2D eigenvalue weighted by atomic mass is 16.5. The van der Waals surface area contributed by atoms with Crippen LogP contribution < -0.4 is 20.8 Å². The molecule has 3 N–H and O–H groups in total. The summed E-state index contributed by atoms with van der Waals surface area (Å²) in [5.41, 5.74) is 9.75. The van der Waals surface area contributed by atoms with Crippen molar-refractivity contribution in [3.63, 3.8) is 0 Å². The van der Waals surface area contributed by atoms with Crippen LogP contribution >= 0.6 is 0 Å². The Bertz CT molecular complexity index is 987. The highest BCUT2D eigenvalue weighted by Gasteiger charge is 2.36. The molecule has 0 saturated heterocycles. The number of nitrogens with two attached hydrogens (primary N) is 1. The molecule has 0 fully saturated rings. The second-order valence-electron chi connectivity index (χ2n) is 7.51. The summed E-state index contributed by atoms with van der Waals surface area (Å²) in [5.74, 6) is 0.0381. The van der Waals surface area contributed by atoms with E-state index < -0.39 is 11.9 Å². The molecule has 150 valence electrons. The fraction of sp³-hybridized carbons (Fsp3) is 0.318. The number of anilines is 1. The number of amides is 2. The van der Waals surface area contributed by atoms with E-state index in [0.717, 1.165) is 28.1 Å². The third kappa shape index (κ3) is 3.68. The van der Waals surface area contributed by atoms with Crippen LogP contribution in [0, 0.1) is 13.8 Å². The minimum atomic E-state index is -0.676. The SMILES string of the molecule is Cc1cc(C)c2c(c1)C(NC(=O)C1=NN(c3ccccc3)C(C(N)=O)C1)CCO2. The van der Waals surface area contributed by atoms with Crippen molar-refractivity contribution in [2.75, 3.05) is 11.6 Å². The maximum Gasteiger partial charge on any atom is 0.268 e. The van der Waals surface area contributed by atoms with Crippen LogP contribution in [0.1, 0.15) is 35.6 Å². The molecule has 2 atom stereocenters. The Hall–Kier alpha value is -3.35. The smallest absolute Gasteiger partial charge is 0.268 e. The zero-order chi connectivity index (χ0) is 20.5. The monoisotopic (exact) mass is 392 g/mol. The van der Waals surface area contributed by atoms with Crippen molar-refractivity contribution in [2.24, 2.45) is 10.8 Å². The van der Waals surface area contributed by atoms with Crippen LogP contribution in [-0.2, 0) is 9.59 Å². The minimum Gasteiger partial charge on any atom is -0.493 e. The molecular weight excluding hydrogens is 368 g/mol. The minimum absolute atomic E-state index is 0.162. The number of nitrogens with one attached hydrogen (secondary N) is 1. The summed E-state index contributed by atoms with van der Waals surface area (Å²) in [6.07, 6.45) is 0.857. The van der Waals surface area contributed by atoms with Crippen LogP contribution in [0.3, 0.4) is 0 Å². The molecule has 2 aromatic rings. The molecule has 2 aromatic carbocycles. The van der Waals surface area contributed by atoms with Gasteiger partial charge in [0.1, 0.15) is 17.5 Å². The lowest BCUT2D eigenvalue weighted by Crippen LogP contribution is -2.40. The molecular formula is C22H24N4O3. The van der Waals surface area contributed by atoms with E-state index in [1.165, 1.54) is 5.01 Å². The number of hydrogen-bond acceptors (Lipinski definition) is 5. The number of primary amides is 1. The summed E-state index contributed by atoms with van der Waals surface area (Å²) < 4.78 is 5.82. The number of fused-ring (bicyclic) bond motifs is 1. The number of hydrogen-bond donors (Lipinski definition) is 2. The van der Waals surface area contributed by atoms with E-state index >= 15 is 0 Å². The highest BCUT2D eigenvalue weighted by Crippen LogP contribution is 2.36. The molecule has 7 heteroatoms. The third-order valence-corrected chi connectivity index (χ3v) is 5.30. The van der Waals surface area contributed by atoms with E-state index in [2.05, 4.69) is 16.5 Å². The van der Waals surface area contributed by atoms with Crippen LogP contribution in [0.25, 0.3) is 0 Å². The number of carbonyl (C=O) groups excluding carboxylic acids is 2. The highest BCUT2D eigenvalue weighted by molar-refractivity contribution is 6.40. The summed E-state index contributed by atoms with van der Waals surface area (Å²) in [4.78, 5) is 24.9. The molecule has 2 unspecified atom stereocenters. The fourth-order valence-electron chi connectivity index (χ4n) is 3.96. The zero-order valence-corrected chi connectivity index (χ0v) is 16.5. The topological polar surface area (TPSA) is 97.0 Å². The first-order valence-electron chi connectivity index (χ1n) is 9.70. The van der Waals surface area contributed by atoms with E-state index in [-0.39, 0.29) is 18.4 Å². The third-order valence-electron chi connectivity index (χ3n) is 5.30. The van der Waals surface area contributed by atoms with Crippen LogP contribution in [-0.4, -0.2) is 30.2 Å². The standard InChI is InChI=1S/C22H24N4O3/c1-13-10-14(2)20-16(11-13)17(8-9-29-20)24-22(28)18-12-19(21(23)27)26(25-18)15-6-4-3-5-7-15/h3-7,10-11,17,19H,8-9,12H2,1-2H3,(H2,23,27)(H,24,28). The molecule has 2 aliphatic heterocycles. The van der Waals surface area contributed by atoms with Crippen molar-refractivity contribution in [1.82, 2.24) is 5.32 Å². The van der Waals surface area contributed by atoms with Gasteiger partial charge in [0.2, 0.25) is 5.91 Å². The van der Waals surface area contributed by atoms with Gasteiger partial charge in [-0.2, -0.15) is 5.10 Å². The lowest BCUT2D eigenvalue weighted by molar-refractivity contribution is -0.119. The van der Waals surface area contributed by atoms with Gasteiger partial charge in [-0.1, -0.05) is 35.9 Å². The van der Waals surface area contributed by atoms with Crippen LogP contribution in [0.4, 0.5) is 5.69 Å². The average Bonchev–Trinajstić information content (AvgIpc) is 3.15. The molecule has 2 amide bonds. The van der Waals surface area contributed by atoms with Crippen molar-refractivity contribution >= 4 is 23.2 Å². The Morgan fingerprint density at radius 1 is 1.21 bits per heavy atom. The van der Waals surface area contributed by atoms with Gasteiger partial charge >= 0.3 is 0 Å². The number of benzene rings is 2. The molecule has 0 bridgehead atoms. The van der Waals surface area contributed by atoms with Gasteiger partial charge < -0.3 is 15.8 Å². The number of nitrogens with zero attached hydrogens (tertiary/aromatic N) is 2. The summed E-state index contributed by atoms with van der Waals surface area (Å²) in [6, 6.07) is 12.5. The maximum absolute atomic E-state index is 13.0. The lowest BCUT2D eigenvalue weighted by atomic mass is 9.95. The molecule has 2 aliphatic rings. The van der Waals surface area contributed by atoms with Gasteiger partial charge in [0.15, 0.2) is 0 Å². The molecule has 0 spiro atoms. The lowest BCUT2D eigenvalue weighted by Gasteiger charge is -2.28. The quantitative estimate of drug-likeness (QED) is 0.835. The molecule has 7 nitrogen and oxygen atoms in total. The number of rotatable bonds is 4. The van der Waals surface area contributed by atoms with Crippen LogP contribution in [0.5, 0.6) is 5.75 Å². The largest absolute Gasteiger partial charge is 0.493 e. The van der Waals surface area contributed by atoms with Crippen molar-refractivity contribution in [3.05, 3.63) is 59.2 Å². The van der Waals surface area contributed by atoms with Gasteiger partial charge in [-0.05, 0) is 31.5 Å². The normalized spacial score (nSPS) is 20.5. The van der Waals surface area contributed by atoms with Crippen molar-refractivity contribution < 1.29 is 14.3 Å². The predicted octanol–water partition coefficient (Wildman–Crippen LogP) is 2.36. The molecule has 0 aromatic heterocycles. The molecule has 0 aliphatic carbocycles. The molecule has 0 radical (unpaired) electrons. The molecule has 2 heterocycles. The van der Waals surface area contributed by atoms with E-state index in [9.17, 15) is 9.59 Å². The van der Waals surface area contributed by atoms with Gasteiger partial charge in [-0.25, -0.2) is 0 Å².